The summed E-state index contributed by atoms with van der Waals surface area (Å²) in [5.74, 6) is -0.233. The molecule has 0 aliphatic carbocycles. The molecule has 3 heteroatoms. The average molecular weight is 278 g/mol. The molecule has 0 bridgehead atoms. The molecule has 1 aromatic rings. The van der Waals surface area contributed by atoms with Crippen molar-refractivity contribution in [2.24, 2.45) is 0 Å². The SMILES string of the molecule is Cc1c(Cl)ccc(/C=C/CCBr)c1F. The lowest BCUT2D eigenvalue weighted by atomic mass is 10.1. The summed E-state index contributed by atoms with van der Waals surface area (Å²) in [5.41, 5.74) is 1.10. The van der Waals surface area contributed by atoms with Crippen LogP contribution in [0.4, 0.5) is 4.39 Å². The molecule has 0 radical (unpaired) electrons. The van der Waals surface area contributed by atoms with E-state index in [0.29, 0.717) is 16.1 Å². The Hall–Kier alpha value is -0.340. The minimum absolute atomic E-state index is 0.233. The largest absolute Gasteiger partial charge is 0.206 e. The zero-order valence-electron chi connectivity index (χ0n) is 7.86. The number of benzene rings is 1. The standard InChI is InChI=1S/C11H11BrClF/c1-8-10(13)6-5-9(11(8)14)4-2-3-7-12/h2,4-6H,3,7H2,1H3/b4-2+. The third-order valence-electron chi connectivity index (χ3n) is 1.92. The fraction of sp³-hybridized carbons (Fsp3) is 0.273. The summed E-state index contributed by atoms with van der Waals surface area (Å²) in [6, 6.07) is 3.41. The van der Waals surface area contributed by atoms with E-state index in [1.165, 1.54) is 0 Å². The molecular formula is C11H11BrClF. The van der Waals surface area contributed by atoms with Crippen molar-refractivity contribution < 1.29 is 4.39 Å². The van der Waals surface area contributed by atoms with Gasteiger partial charge in [-0.15, -0.1) is 0 Å². The van der Waals surface area contributed by atoms with E-state index in [2.05, 4.69) is 15.9 Å². The van der Waals surface area contributed by atoms with Gasteiger partial charge in [-0.05, 0) is 19.4 Å². The predicted octanol–water partition coefficient (Wildman–Crippen LogP) is 4.59. The molecule has 0 saturated carbocycles. The second-order valence-electron chi connectivity index (χ2n) is 2.96. The van der Waals surface area contributed by atoms with Crippen LogP contribution in [0.3, 0.4) is 0 Å². The molecule has 0 aliphatic rings. The molecule has 0 N–H and O–H groups in total. The van der Waals surface area contributed by atoms with Gasteiger partial charge in [0.1, 0.15) is 5.82 Å². The molecule has 0 amide bonds. The zero-order chi connectivity index (χ0) is 10.6. The first kappa shape index (κ1) is 11.7. The molecule has 76 valence electrons. The number of allylic oxidation sites excluding steroid dienone is 1. The maximum atomic E-state index is 13.5. The third kappa shape index (κ3) is 2.82. The lowest BCUT2D eigenvalue weighted by molar-refractivity contribution is 0.616. The maximum Gasteiger partial charge on any atom is 0.134 e. The molecule has 0 unspecified atom stereocenters. The second-order valence-corrected chi connectivity index (χ2v) is 4.16. The molecule has 1 aromatic carbocycles. The van der Waals surface area contributed by atoms with E-state index in [0.717, 1.165) is 11.8 Å². The van der Waals surface area contributed by atoms with Gasteiger partial charge in [-0.25, -0.2) is 4.39 Å². The minimum atomic E-state index is -0.233. The highest BCUT2D eigenvalue weighted by molar-refractivity contribution is 9.09. The van der Waals surface area contributed by atoms with Gasteiger partial charge < -0.3 is 0 Å². The molecule has 0 nitrogen and oxygen atoms in total. The first-order valence-corrected chi connectivity index (χ1v) is 5.84. The van der Waals surface area contributed by atoms with Gasteiger partial charge in [-0.2, -0.15) is 0 Å². The van der Waals surface area contributed by atoms with Crippen LogP contribution in [0.1, 0.15) is 17.5 Å². The van der Waals surface area contributed by atoms with Crippen molar-refractivity contribution >= 4 is 33.6 Å². The Labute approximate surface area is 96.9 Å². The van der Waals surface area contributed by atoms with Crippen LogP contribution in [-0.4, -0.2) is 5.33 Å². The summed E-state index contributed by atoms with van der Waals surface area (Å²) in [6.45, 7) is 1.68. The maximum absolute atomic E-state index is 13.5. The summed E-state index contributed by atoms with van der Waals surface area (Å²) in [7, 11) is 0. The van der Waals surface area contributed by atoms with Crippen molar-refractivity contribution in [3.8, 4) is 0 Å². The smallest absolute Gasteiger partial charge is 0.134 e. The van der Waals surface area contributed by atoms with Crippen LogP contribution in [0.5, 0.6) is 0 Å². The van der Waals surface area contributed by atoms with Crippen LogP contribution in [0.25, 0.3) is 6.08 Å². The van der Waals surface area contributed by atoms with E-state index in [4.69, 9.17) is 11.6 Å². The summed E-state index contributed by atoms with van der Waals surface area (Å²) >= 11 is 9.08. The monoisotopic (exact) mass is 276 g/mol. The van der Waals surface area contributed by atoms with Crippen molar-refractivity contribution in [2.45, 2.75) is 13.3 Å². The fourth-order valence-corrected chi connectivity index (χ4v) is 1.49. The topological polar surface area (TPSA) is 0 Å². The van der Waals surface area contributed by atoms with Crippen molar-refractivity contribution in [1.82, 2.24) is 0 Å². The third-order valence-corrected chi connectivity index (χ3v) is 2.79. The van der Waals surface area contributed by atoms with Gasteiger partial charge in [0, 0.05) is 21.5 Å². The highest BCUT2D eigenvalue weighted by Gasteiger charge is 2.05. The molecule has 0 saturated heterocycles. The minimum Gasteiger partial charge on any atom is -0.206 e. The lowest BCUT2D eigenvalue weighted by Gasteiger charge is -2.02. The van der Waals surface area contributed by atoms with Crippen molar-refractivity contribution in [2.75, 3.05) is 5.33 Å². The van der Waals surface area contributed by atoms with Gasteiger partial charge in [-0.1, -0.05) is 45.7 Å². The highest BCUT2D eigenvalue weighted by Crippen LogP contribution is 2.22. The molecule has 1 rings (SSSR count). The van der Waals surface area contributed by atoms with Gasteiger partial charge in [0.25, 0.3) is 0 Å². The van der Waals surface area contributed by atoms with Crippen LogP contribution in [-0.2, 0) is 0 Å². The molecule has 0 atom stereocenters. The molecule has 14 heavy (non-hydrogen) atoms. The van der Waals surface area contributed by atoms with Crippen LogP contribution in [0, 0.1) is 12.7 Å². The zero-order valence-corrected chi connectivity index (χ0v) is 10.2. The Morgan fingerprint density at radius 3 is 2.86 bits per heavy atom. The van der Waals surface area contributed by atoms with Crippen LogP contribution < -0.4 is 0 Å². The molecule has 0 spiro atoms. The first-order valence-electron chi connectivity index (χ1n) is 4.34. The summed E-state index contributed by atoms with van der Waals surface area (Å²) in [5, 5.41) is 1.36. The number of hydrogen-bond acceptors (Lipinski definition) is 0. The van der Waals surface area contributed by atoms with E-state index in [-0.39, 0.29) is 5.82 Å². The van der Waals surface area contributed by atoms with Crippen molar-refractivity contribution in [3.63, 3.8) is 0 Å². The van der Waals surface area contributed by atoms with E-state index >= 15 is 0 Å². The molecule has 0 aromatic heterocycles. The summed E-state index contributed by atoms with van der Waals surface area (Å²) in [6.07, 6.45) is 4.60. The number of hydrogen-bond donors (Lipinski definition) is 0. The van der Waals surface area contributed by atoms with Crippen LogP contribution >= 0.6 is 27.5 Å². The number of halogens is 3. The second kappa shape index (κ2) is 5.52. The Bertz CT molecular complexity index is 347. The first-order chi connectivity index (χ1) is 6.66. The lowest BCUT2D eigenvalue weighted by Crippen LogP contribution is -1.88. The van der Waals surface area contributed by atoms with E-state index in [1.807, 2.05) is 6.08 Å². The van der Waals surface area contributed by atoms with Crippen molar-refractivity contribution in [3.05, 3.63) is 40.2 Å². The fourth-order valence-electron chi connectivity index (χ4n) is 1.08. The normalized spacial score (nSPS) is 11.1. The quantitative estimate of drug-likeness (QED) is 0.709. The van der Waals surface area contributed by atoms with Crippen molar-refractivity contribution in [1.29, 1.82) is 0 Å². The molecule has 0 aliphatic heterocycles. The van der Waals surface area contributed by atoms with Gasteiger partial charge >= 0.3 is 0 Å². The summed E-state index contributed by atoms with van der Waals surface area (Å²) in [4.78, 5) is 0. The molecule has 0 heterocycles. The molecular weight excluding hydrogens is 266 g/mol. The number of rotatable bonds is 3. The van der Waals surface area contributed by atoms with Gasteiger partial charge in [0.15, 0.2) is 0 Å². The number of alkyl halides is 1. The summed E-state index contributed by atoms with van der Waals surface area (Å²) < 4.78 is 13.5. The van der Waals surface area contributed by atoms with Gasteiger partial charge in [0.05, 0.1) is 0 Å². The Morgan fingerprint density at radius 2 is 2.21 bits per heavy atom. The highest BCUT2D eigenvalue weighted by atomic mass is 79.9. The predicted molar refractivity (Wildman–Crippen MR) is 63.6 cm³/mol. The van der Waals surface area contributed by atoms with Gasteiger partial charge in [0.2, 0.25) is 0 Å². The van der Waals surface area contributed by atoms with Gasteiger partial charge in [-0.3, -0.25) is 0 Å². The van der Waals surface area contributed by atoms with E-state index < -0.39 is 0 Å². The van der Waals surface area contributed by atoms with E-state index in [9.17, 15) is 4.39 Å². The van der Waals surface area contributed by atoms with Crippen LogP contribution in [0.2, 0.25) is 5.02 Å². The Morgan fingerprint density at radius 1 is 1.50 bits per heavy atom. The Kier molecular flexibility index (Phi) is 4.63. The Balaban J connectivity index is 2.94. The molecule has 0 fully saturated rings. The van der Waals surface area contributed by atoms with E-state index in [1.54, 1.807) is 25.1 Å². The average Bonchev–Trinajstić information content (AvgIpc) is 2.18. The van der Waals surface area contributed by atoms with Crippen LogP contribution in [0.15, 0.2) is 18.2 Å².